The molecule has 0 bridgehead atoms. The summed E-state index contributed by atoms with van der Waals surface area (Å²) in [5, 5.41) is 0. The van der Waals surface area contributed by atoms with Gasteiger partial charge in [0.25, 0.3) is 11.8 Å². The van der Waals surface area contributed by atoms with Crippen molar-refractivity contribution in [2.45, 2.75) is 17.8 Å². The molecule has 34 heavy (non-hydrogen) atoms. The number of halogens is 4. The zero-order chi connectivity index (χ0) is 24.1. The van der Waals surface area contributed by atoms with Gasteiger partial charge in [0.05, 0.1) is 35.9 Å². The Kier molecular flexibility index (Phi) is 5.60. The SMILES string of the molecule is O=C(c1ccc(C(F)(F)F)cc1)N1CC2(C1)CN(C(=O)c1ccccc1F)CC1COCCN12. The molecular weight excluding hydrogens is 454 g/mol. The van der Waals surface area contributed by atoms with Gasteiger partial charge in [0.1, 0.15) is 5.82 Å². The molecule has 3 aliphatic rings. The van der Waals surface area contributed by atoms with Crippen LogP contribution in [-0.2, 0) is 10.9 Å². The van der Waals surface area contributed by atoms with E-state index in [0.29, 0.717) is 45.9 Å². The Bertz CT molecular complexity index is 1100. The predicted molar refractivity (Wildman–Crippen MR) is 114 cm³/mol. The summed E-state index contributed by atoms with van der Waals surface area (Å²) in [7, 11) is 0. The summed E-state index contributed by atoms with van der Waals surface area (Å²) in [4.78, 5) is 31.5. The molecule has 1 atom stereocenters. The lowest BCUT2D eigenvalue weighted by atomic mass is 9.82. The van der Waals surface area contributed by atoms with E-state index in [0.717, 1.165) is 12.1 Å². The Morgan fingerprint density at radius 1 is 0.941 bits per heavy atom. The number of piperazine rings is 1. The first-order valence-corrected chi connectivity index (χ1v) is 11.0. The maximum Gasteiger partial charge on any atom is 0.416 e. The maximum absolute atomic E-state index is 14.3. The molecule has 180 valence electrons. The van der Waals surface area contributed by atoms with Gasteiger partial charge in [-0.25, -0.2) is 4.39 Å². The normalized spacial score (nSPS) is 22.3. The second-order valence-corrected chi connectivity index (χ2v) is 9.05. The fourth-order valence-corrected chi connectivity index (χ4v) is 5.23. The summed E-state index contributed by atoms with van der Waals surface area (Å²) in [6.45, 7) is 2.97. The molecule has 3 fully saturated rings. The zero-order valence-electron chi connectivity index (χ0n) is 18.2. The predicted octanol–water partition coefficient (Wildman–Crippen LogP) is 2.90. The van der Waals surface area contributed by atoms with Crippen LogP contribution in [0.25, 0.3) is 0 Å². The van der Waals surface area contributed by atoms with Gasteiger partial charge in [-0.05, 0) is 36.4 Å². The Labute approximate surface area is 193 Å². The molecule has 0 N–H and O–H groups in total. The van der Waals surface area contributed by atoms with Crippen molar-refractivity contribution >= 4 is 11.8 Å². The van der Waals surface area contributed by atoms with Gasteiger partial charge in [-0.2, -0.15) is 13.2 Å². The summed E-state index contributed by atoms with van der Waals surface area (Å²) >= 11 is 0. The van der Waals surface area contributed by atoms with E-state index in [9.17, 15) is 27.2 Å². The Morgan fingerprint density at radius 2 is 1.62 bits per heavy atom. The second kappa shape index (κ2) is 8.35. The van der Waals surface area contributed by atoms with Crippen molar-refractivity contribution in [1.82, 2.24) is 14.7 Å². The van der Waals surface area contributed by atoms with Gasteiger partial charge in [0.15, 0.2) is 0 Å². The third-order valence-electron chi connectivity index (χ3n) is 6.86. The highest BCUT2D eigenvalue weighted by Gasteiger charge is 2.56. The minimum Gasteiger partial charge on any atom is -0.378 e. The van der Waals surface area contributed by atoms with Crippen LogP contribution in [0.4, 0.5) is 17.6 Å². The molecule has 10 heteroatoms. The molecule has 1 unspecified atom stereocenters. The fraction of sp³-hybridized carbons (Fsp3) is 0.417. The first-order chi connectivity index (χ1) is 16.2. The minimum absolute atomic E-state index is 0.000150. The van der Waals surface area contributed by atoms with Crippen LogP contribution in [0.3, 0.4) is 0 Å². The van der Waals surface area contributed by atoms with Gasteiger partial charge in [-0.3, -0.25) is 14.5 Å². The number of benzene rings is 2. The van der Waals surface area contributed by atoms with Crippen molar-refractivity contribution < 1.29 is 31.9 Å². The van der Waals surface area contributed by atoms with Gasteiger partial charge < -0.3 is 14.5 Å². The quantitative estimate of drug-likeness (QED) is 0.625. The van der Waals surface area contributed by atoms with Gasteiger partial charge in [0, 0.05) is 38.3 Å². The Morgan fingerprint density at radius 3 is 2.29 bits per heavy atom. The number of carbonyl (C=O) groups is 2. The van der Waals surface area contributed by atoms with Gasteiger partial charge >= 0.3 is 6.18 Å². The van der Waals surface area contributed by atoms with Crippen molar-refractivity contribution in [2.24, 2.45) is 0 Å². The number of ether oxygens (including phenoxy) is 1. The van der Waals surface area contributed by atoms with E-state index >= 15 is 0 Å². The lowest BCUT2D eigenvalue weighted by Gasteiger charge is -2.63. The Balaban J connectivity index is 1.34. The highest BCUT2D eigenvalue weighted by Crippen LogP contribution is 2.37. The number of hydrogen-bond acceptors (Lipinski definition) is 4. The summed E-state index contributed by atoms with van der Waals surface area (Å²) in [5.41, 5.74) is -1.14. The molecule has 6 nitrogen and oxygen atoms in total. The van der Waals surface area contributed by atoms with E-state index in [1.807, 2.05) is 0 Å². The van der Waals surface area contributed by atoms with E-state index in [-0.39, 0.29) is 23.1 Å². The molecule has 1 spiro atoms. The number of alkyl halides is 3. The monoisotopic (exact) mass is 477 g/mol. The molecule has 2 aromatic rings. The summed E-state index contributed by atoms with van der Waals surface area (Å²) in [5.74, 6) is -1.35. The summed E-state index contributed by atoms with van der Waals surface area (Å²) in [6.07, 6.45) is -4.47. The number of fused-ring (bicyclic) bond motifs is 2. The van der Waals surface area contributed by atoms with Gasteiger partial charge in [-0.15, -0.1) is 0 Å². The number of hydrogen-bond donors (Lipinski definition) is 0. The lowest BCUT2D eigenvalue weighted by molar-refractivity contribution is -0.148. The van der Waals surface area contributed by atoms with E-state index in [2.05, 4.69) is 4.90 Å². The number of rotatable bonds is 2. The Hall–Kier alpha value is -2.98. The maximum atomic E-state index is 14.3. The highest BCUT2D eigenvalue weighted by molar-refractivity contribution is 5.96. The van der Waals surface area contributed by atoms with Crippen LogP contribution in [0.15, 0.2) is 48.5 Å². The first-order valence-electron chi connectivity index (χ1n) is 11.0. The molecule has 5 rings (SSSR count). The van der Waals surface area contributed by atoms with E-state index in [1.54, 1.807) is 15.9 Å². The van der Waals surface area contributed by atoms with Gasteiger partial charge in [-0.1, -0.05) is 12.1 Å². The zero-order valence-corrected chi connectivity index (χ0v) is 18.2. The minimum atomic E-state index is -4.47. The van der Waals surface area contributed by atoms with E-state index in [1.165, 1.54) is 30.3 Å². The van der Waals surface area contributed by atoms with Crippen molar-refractivity contribution in [3.63, 3.8) is 0 Å². The lowest BCUT2D eigenvalue weighted by Crippen LogP contribution is -2.81. The third-order valence-corrected chi connectivity index (χ3v) is 6.86. The average Bonchev–Trinajstić information content (AvgIpc) is 2.81. The number of likely N-dealkylation sites (tertiary alicyclic amines) is 1. The summed E-state index contributed by atoms with van der Waals surface area (Å²) < 4.78 is 58.4. The van der Waals surface area contributed by atoms with Crippen molar-refractivity contribution in [3.05, 3.63) is 71.0 Å². The number of amides is 2. The first kappa shape index (κ1) is 22.8. The molecule has 3 saturated heterocycles. The topological polar surface area (TPSA) is 53.1 Å². The van der Waals surface area contributed by atoms with Crippen LogP contribution in [0, 0.1) is 5.82 Å². The molecule has 0 aliphatic carbocycles. The number of morpholine rings is 1. The molecule has 2 aromatic carbocycles. The molecule has 2 amide bonds. The molecule has 0 aromatic heterocycles. The van der Waals surface area contributed by atoms with Crippen molar-refractivity contribution in [2.75, 3.05) is 45.9 Å². The largest absolute Gasteiger partial charge is 0.416 e. The fourth-order valence-electron chi connectivity index (χ4n) is 5.23. The van der Waals surface area contributed by atoms with E-state index < -0.39 is 29.0 Å². The second-order valence-electron chi connectivity index (χ2n) is 9.05. The smallest absolute Gasteiger partial charge is 0.378 e. The molecule has 3 aliphatic heterocycles. The van der Waals surface area contributed by atoms with Crippen LogP contribution >= 0.6 is 0 Å². The molecule has 0 saturated carbocycles. The van der Waals surface area contributed by atoms with Crippen molar-refractivity contribution in [3.8, 4) is 0 Å². The van der Waals surface area contributed by atoms with Crippen LogP contribution < -0.4 is 0 Å². The summed E-state index contributed by atoms with van der Waals surface area (Å²) in [6, 6.07) is 9.92. The van der Waals surface area contributed by atoms with Crippen LogP contribution in [0.2, 0.25) is 0 Å². The standard InChI is InChI=1S/C24H23F4N3O3/c25-20-4-2-1-3-19(20)22(33)29-11-18-12-34-10-9-31(18)23(13-29)14-30(15-23)21(32)16-5-7-17(8-6-16)24(26,27)28/h1-8,18H,9-15H2. The molecular formula is C24H23F4N3O3. The molecule has 3 heterocycles. The third kappa shape index (κ3) is 3.94. The number of carbonyl (C=O) groups excluding carboxylic acids is 2. The van der Waals surface area contributed by atoms with Gasteiger partial charge in [0.2, 0.25) is 0 Å². The van der Waals surface area contributed by atoms with Crippen molar-refractivity contribution in [1.29, 1.82) is 0 Å². The van der Waals surface area contributed by atoms with Crippen LogP contribution in [0.1, 0.15) is 26.3 Å². The highest BCUT2D eigenvalue weighted by atomic mass is 19.4. The average molecular weight is 477 g/mol. The molecule has 0 radical (unpaired) electrons. The number of nitrogens with zero attached hydrogens (tertiary/aromatic N) is 3. The van der Waals surface area contributed by atoms with Crippen LogP contribution in [0.5, 0.6) is 0 Å². The van der Waals surface area contributed by atoms with Crippen LogP contribution in [-0.4, -0.2) is 84.0 Å². The van der Waals surface area contributed by atoms with E-state index in [4.69, 9.17) is 4.74 Å².